The van der Waals surface area contributed by atoms with Gasteiger partial charge in [-0.25, -0.2) is 0 Å². The van der Waals surface area contributed by atoms with Gasteiger partial charge in [-0.3, -0.25) is 0 Å². The molecule has 0 aliphatic rings. The van der Waals surface area contributed by atoms with E-state index in [4.69, 9.17) is 9.47 Å². The third kappa shape index (κ3) is 6.64. The molecule has 2 rings (SSSR count). The van der Waals surface area contributed by atoms with Gasteiger partial charge in [0.2, 0.25) is 0 Å². The quantitative estimate of drug-likeness (QED) is 0.590. The van der Waals surface area contributed by atoms with Crippen molar-refractivity contribution in [1.82, 2.24) is 0 Å². The van der Waals surface area contributed by atoms with Crippen molar-refractivity contribution in [2.24, 2.45) is 0 Å². The maximum Gasteiger partial charge on any atom is 0.119 e. The fourth-order valence-corrected chi connectivity index (χ4v) is 2.29. The number of para-hydroxylation sites is 1. The number of unbranched alkanes of at least 4 members (excludes halogenated alkanes) is 3. The summed E-state index contributed by atoms with van der Waals surface area (Å²) in [4.78, 5) is 2.08. The molecule has 0 aliphatic heterocycles. The minimum atomic E-state index is 0.779. The molecule has 0 atom stereocenters. The largest absolute Gasteiger partial charge is 0.494 e. The number of hydrogen-bond acceptors (Lipinski definition) is 3. The van der Waals surface area contributed by atoms with Crippen LogP contribution < -0.4 is 14.4 Å². The molecule has 0 spiro atoms. The first-order valence-electron chi connectivity index (χ1n) is 8.34. The van der Waals surface area contributed by atoms with Crippen LogP contribution in [0.3, 0.4) is 0 Å². The van der Waals surface area contributed by atoms with Crippen LogP contribution in [0.2, 0.25) is 0 Å². The van der Waals surface area contributed by atoms with E-state index in [2.05, 4.69) is 17.0 Å². The standard InChI is InChI=1S/C20H27NO2/c1-21(2)18-12-14-20(15-13-18)23-17-9-4-3-8-16-22-19-10-6-5-7-11-19/h5-7,10-15H,3-4,8-9,16-17H2,1-2H3. The summed E-state index contributed by atoms with van der Waals surface area (Å²) < 4.78 is 11.4. The second-order valence-corrected chi connectivity index (χ2v) is 5.81. The molecule has 2 aromatic carbocycles. The van der Waals surface area contributed by atoms with Crippen LogP contribution in [0.15, 0.2) is 54.6 Å². The van der Waals surface area contributed by atoms with Gasteiger partial charge in [0.25, 0.3) is 0 Å². The highest BCUT2D eigenvalue weighted by Gasteiger charge is 1.97. The Morgan fingerprint density at radius 1 is 0.652 bits per heavy atom. The van der Waals surface area contributed by atoms with Crippen molar-refractivity contribution in [2.45, 2.75) is 25.7 Å². The summed E-state index contributed by atoms with van der Waals surface area (Å²) in [5.74, 6) is 1.90. The Morgan fingerprint density at radius 2 is 1.17 bits per heavy atom. The van der Waals surface area contributed by atoms with Gasteiger partial charge in [0.15, 0.2) is 0 Å². The van der Waals surface area contributed by atoms with E-state index in [0.717, 1.165) is 37.6 Å². The average molecular weight is 313 g/mol. The van der Waals surface area contributed by atoms with Crippen LogP contribution in [0.5, 0.6) is 11.5 Å². The molecule has 23 heavy (non-hydrogen) atoms. The van der Waals surface area contributed by atoms with Crippen molar-refractivity contribution in [3.8, 4) is 11.5 Å². The van der Waals surface area contributed by atoms with Crippen molar-refractivity contribution < 1.29 is 9.47 Å². The lowest BCUT2D eigenvalue weighted by atomic mass is 10.2. The Bertz CT molecular complexity index is 537. The summed E-state index contributed by atoms with van der Waals surface area (Å²) in [5, 5.41) is 0. The molecule has 0 bridgehead atoms. The minimum absolute atomic E-state index is 0.779. The van der Waals surface area contributed by atoms with E-state index in [9.17, 15) is 0 Å². The molecule has 0 aromatic heterocycles. The Balaban J connectivity index is 1.49. The summed E-state index contributed by atoms with van der Waals surface area (Å²) >= 11 is 0. The van der Waals surface area contributed by atoms with Gasteiger partial charge in [0.05, 0.1) is 13.2 Å². The van der Waals surface area contributed by atoms with Crippen LogP contribution in [0, 0.1) is 0 Å². The topological polar surface area (TPSA) is 21.7 Å². The maximum absolute atomic E-state index is 5.77. The summed E-state index contributed by atoms with van der Waals surface area (Å²) in [5.41, 5.74) is 1.19. The van der Waals surface area contributed by atoms with Crippen LogP contribution in [-0.4, -0.2) is 27.3 Å². The van der Waals surface area contributed by atoms with Gasteiger partial charge in [-0.1, -0.05) is 18.2 Å². The molecule has 0 N–H and O–H groups in total. The predicted molar refractivity (Wildman–Crippen MR) is 96.7 cm³/mol. The molecule has 0 amide bonds. The van der Waals surface area contributed by atoms with Crippen molar-refractivity contribution in [1.29, 1.82) is 0 Å². The van der Waals surface area contributed by atoms with Gasteiger partial charge in [-0.05, 0) is 62.1 Å². The van der Waals surface area contributed by atoms with Gasteiger partial charge >= 0.3 is 0 Å². The van der Waals surface area contributed by atoms with E-state index in [1.165, 1.54) is 18.5 Å². The van der Waals surface area contributed by atoms with Gasteiger partial charge < -0.3 is 14.4 Å². The number of hydrogen-bond donors (Lipinski definition) is 0. The van der Waals surface area contributed by atoms with Gasteiger partial charge in [-0.15, -0.1) is 0 Å². The molecule has 0 saturated carbocycles. The van der Waals surface area contributed by atoms with Crippen LogP contribution in [-0.2, 0) is 0 Å². The second kappa shape index (κ2) is 9.78. The SMILES string of the molecule is CN(C)c1ccc(OCCCCCCOc2ccccc2)cc1. The summed E-state index contributed by atoms with van der Waals surface area (Å²) in [7, 11) is 4.08. The Morgan fingerprint density at radius 3 is 1.70 bits per heavy atom. The van der Waals surface area contributed by atoms with Crippen molar-refractivity contribution in [3.05, 3.63) is 54.6 Å². The summed E-state index contributed by atoms with van der Waals surface area (Å²) in [6.07, 6.45) is 4.52. The second-order valence-electron chi connectivity index (χ2n) is 5.81. The molecule has 0 heterocycles. The van der Waals surface area contributed by atoms with Crippen LogP contribution in [0.25, 0.3) is 0 Å². The van der Waals surface area contributed by atoms with E-state index >= 15 is 0 Å². The highest BCUT2D eigenvalue weighted by Crippen LogP contribution is 2.18. The van der Waals surface area contributed by atoms with Crippen molar-refractivity contribution >= 4 is 5.69 Å². The van der Waals surface area contributed by atoms with E-state index < -0.39 is 0 Å². The predicted octanol–water partition coefficient (Wildman–Crippen LogP) is 4.77. The Hall–Kier alpha value is -2.16. The van der Waals surface area contributed by atoms with Crippen LogP contribution in [0.1, 0.15) is 25.7 Å². The van der Waals surface area contributed by atoms with Gasteiger partial charge in [-0.2, -0.15) is 0 Å². The number of nitrogens with zero attached hydrogens (tertiary/aromatic N) is 1. The number of anilines is 1. The van der Waals surface area contributed by atoms with Crippen molar-refractivity contribution in [3.63, 3.8) is 0 Å². The van der Waals surface area contributed by atoms with Gasteiger partial charge in [0, 0.05) is 19.8 Å². The van der Waals surface area contributed by atoms with E-state index in [0.29, 0.717) is 0 Å². The monoisotopic (exact) mass is 313 g/mol. The fourth-order valence-electron chi connectivity index (χ4n) is 2.29. The summed E-state index contributed by atoms with van der Waals surface area (Å²) in [6, 6.07) is 18.2. The van der Waals surface area contributed by atoms with Crippen LogP contribution in [0.4, 0.5) is 5.69 Å². The number of benzene rings is 2. The lowest BCUT2D eigenvalue weighted by Gasteiger charge is -2.13. The third-order valence-corrected chi connectivity index (χ3v) is 3.67. The molecule has 3 nitrogen and oxygen atoms in total. The molecule has 0 unspecified atom stereocenters. The Kier molecular flexibility index (Phi) is 7.31. The smallest absolute Gasteiger partial charge is 0.119 e. The zero-order chi connectivity index (χ0) is 16.3. The van der Waals surface area contributed by atoms with Gasteiger partial charge in [0.1, 0.15) is 11.5 Å². The highest BCUT2D eigenvalue weighted by molar-refractivity contribution is 5.47. The Labute approximate surface area is 139 Å². The number of rotatable bonds is 10. The fraction of sp³-hybridized carbons (Fsp3) is 0.400. The molecule has 0 radical (unpaired) electrons. The molecule has 0 aliphatic carbocycles. The highest BCUT2D eigenvalue weighted by atomic mass is 16.5. The molecule has 0 fully saturated rings. The lowest BCUT2D eigenvalue weighted by Crippen LogP contribution is -2.08. The van der Waals surface area contributed by atoms with E-state index in [-0.39, 0.29) is 0 Å². The minimum Gasteiger partial charge on any atom is -0.494 e. The number of ether oxygens (including phenoxy) is 2. The molecule has 3 heteroatoms. The zero-order valence-corrected chi connectivity index (χ0v) is 14.2. The molecule has 2 aromatic rings. The molecule has 0 saturated heterocycles. The molecular formula is C20H27NO2. The molecular weight excluding hydrogens is 286 g/mol. The normalized spacial score (nSPS) is 10.3. The van der Waals surface area contributed by atoms with Crippen LogP contribution >= 0.6 is 0 Å². The maximum atomic E-state index is 5.77. The third-order valence-electron chi connectivity index (χ3n) is 3.67. The summed E-state index contributed by atoms with van der Waals surface area (Å²) in [6.45, 7) is 1.57. The van der Waals surface area contributed by atoms with E-state index in [1.54, 1.807) is 0 Å². The zero-order valence-electron chi connectivity index (χ0n) is 14.2. The lowest BCUT2D eigenvalue weighted by molar-refractivity contribution is 0.287. The average Bonchev–Trinajstić information content (AvgIpc) is 2.58. The van der Waals surface area contributed by atoms with Crippen molar-refractivity contribution in [2.75, 3.05) is 32.2 Å². The molecule has 124 valence electrons. The first-order valence-corrected chi connectivity index (χ1v) is 8.34. The van der Waals surface area contributed by atoms with E-state index in [1.807, 2.05) is 56.6 Å². The first kappa shape index (κ1) is 17.2. The first-order chi connectivity index (χ1) is 11.3.